The fourth-order valence-electron chi connectivity index (χ4n) is 0.623. The van der Waals surface area contributed by atoms with Gasteiger partial charge in [0.1, 0.15) is 0 Å². The second-order valence-electron chi connectivity index (χ2n) is 3.29. The van der Waals surface area contributed by atoms with E-state index in [-0.39, 0.29) is 0 Å². The van der Waals surface area contributed by atoms with Crippen molar-refractivity contribution in [3.05, 3.63) is 24.3 Å². The van der Waals surface area contributed by atoms with E-state index in [0.29, 0.717) is 0 Å². The van der Waals surface area contributed by atoms with Gasteiger partial charge < -0.3 is 15.3 Å². The third-order valence-electron chi connectivity index (χ3n) is 1.07. The van der Waals surface area contributed by atoms with Gasteiger partial charge in [0.05, 0.1) is 0 Å². The topological polar surface area (TPSA) is 121 Å². The molecule has 0 atom stereocenters. The summed E-state index contributed by atoms with van der Waals surface area (Å²) in [5.74, 6) is -1.54. The van der Waals surface area contributed by atoms with E-state index in [9.17, 15) is 0 Å². The van der Waals surface area contributed by atoms with Crippen LogP contribution in [0.4, 0.5) is 0 Å². The van der Waals surface area contributed by atoms with E-state index in [2.05, 4.69) is 12.1 Å². The zero-order valence-corrected chi connectivity index (χ0v) is 16.2. The number of aliphatic carboxylic acids is 3. The Morgan fingerprint density at radius 1 is 0.952 bits per heavy atom. The Labute approximate surface area is 139 Å². The van der Waals surface area contributed by atoms with Crippen molar-refractivity contribution in [2.45, 2.75) is 20.8 Å². The molecule has 1 aromatic rings. The SMILES string of the molecule is CC(=O)O.CC(=O)O.CC(=O)O.COc1ccc[c]([Pb])c1. The standard InChI is InChI=1S/C7H7O.3C2H4O2.Pb/c1-8-7-5-3-2-4-6-7;3*1-2(3)4;/h2-3,5-6H,1H3;3*1H3,(H,3,4);. The average molecular weight is 494 g/mol. The van der Waals surface area contributed by atoms with Crippen LogP contribution in [0.15, 0.2) is 24.3 Å². The summed E-state index contributed by atoms with van der Waals surface area (Å²) in [5, 5.41) is 22.2. The Bertz CT molecular complexity index is 392. The summed E-state index contributed by atoms with van der Waals surface area (Å²) >= 11 is 1.10. The molecular formula is C13H19O7Pb. The molecule has 0 bridgehead atoms. The van der Waals surface area contributed by atoms with Crippen molar-refractivity contribution in [2.24, 2.45) is 0 Å². The molecule has 1 rings (SSSR count). The number of benzene rings is 1. The molecule has 0 fully saturated rings. The summed E-state index contributed by atoms with van der Waals surface area (Å²) in [7, 11) is 1.69. The van der Waals surface area contributed by atoms with E-state index in [1.54, 1.807) is 7.11 Å². The quantitative estimate of drug-likeness (QED) is 0.493. The fraction of sp³-hybridized carbons (Fsp3) is 0.308. The molecule has 117 valence electrons. The molecule has 0 aromatic heterocycles. The van der Waals surface area contributed by atoms with Crippen molar-refractivity contribution in [1.82, 2.24) is 0 Å². The van der Waals surface area contributed by atoms with Gasteiger partial charge in [-0.15, -0.1) is 0 Å². The summed E-state index contributed by atoms with van der Waals surface area (Å²) in [6.07, 6.45) is 0. The van der Waals surface area contributed by atoms with Gasteiger partial charge in [-0.3, -0.25) is 14.4 Å². The predicted octanol–water partition coefficient (Wildman–Crippen LogP) is 0.762. The first-order valence-corrected chi connectivity index (χ1v) is 7.41. The van der Waals surface area contributed by atoms with Crippen LogP contribution in [0.25, 0.3) is 0 Å². The van der Waals surface area contributed by atoms with Crippen LogP contribution in [0.2, 0.25) is 0 Å². The fourth-order valence-corrected chi connectivity index (χ4v) is 1.55. The van der Waals surface area contributed by atoms with E-state index in [0.717, 1.165) is 52.3 Å². The number of ether oxygens (including phenoxy) is 1. The van der Waals surface area contributed by atoms with Crippen molar-refractivity contribution >= 4 is 46.8 Å². The summed E-state index contributed by atoms with van der Waals surface area (Å²) in [5.41, 5.74) is 0. The van der Waals surface area contributed by atoms with Crippen LogP contribution < -0.4 is 7.86 Å². The van der Waals surface area contributed by atoms with Crippen LogP contribution in [-0.4, -0.2) is 66.1 Å². The minimum absolute atomic E-state index is 0.833. The van der Waals surface area contributed by atoms with Crippen molar-refractivity contribution in [1.29, 1.82) is 0 Å². The monoisotopic (exact) mass is 495 g/mol. The molecule has 0 aliphatic carbocycles. The second kappa shape index (κ2) is 16.4. The second-order valence-corrected chi connectivity index (χ2v) is 5.53. The van der Waals surface area contributed by atoms with Crippen LogP contribution >= 0.6 is 0 Å². The molecule has 7 nitrogen and oxygen atoms in total. The molecule has 3 N–H and O–H groups in total. The first-order chi connectivity index (χ1) is 9.52. The van der Waals surface area contributed by atoms with Crippen molar-refractivity contribution in [3.8, 4) is 5.75 Å². The van der Waals surface area contributed by atoms with E-state index >= 15 is 0 Å². The molecule has 0 unspecified atom stereocenters. The molecule has 8 heteroatoms. The number of carboxylic acid groups (broad SMARTS) is 3. The zero-order valence-electron chi connectivity index (χ0n) is 12.3. The first-order valence-electron chi connectivity index (χ1n) is 5.47. The maximum absolute atomic E-state index is 9.00. The number of carboxylic acids is 3. The molecular weight excluding hydrogens is 475 g/mol. The Morgan fingerprint density at radius 3 is 1.48 bits per heavy atom. The summed E-state index contributed by atoms with van der Waals surface area (Å²) in [6, 6.07) is 8.14. The first kappa shape index (κ1) is 24.4. The van der Waals surface area contributed by atoms with Gasteiger partial charge >= 0.3 is 70.8 Å². The molecule has 1 aromatic carbocycles. The molecule has 0 amide bonds. The number of methoxy groups -OCH3 is 1. The summed E-state index contributed by atoms with van der Waals surface area (Å²) in [4.78, 5) is 27.0. The normalized spacial score (nSPS) is 7.48. The van der Waals surface area contributed by atoms with Gasteiger partial charge in [0.25, 0.3) is 17.9 Å². The maximum atomic E-state index is 9.00. The summed E-state index contributed by atoms with van der Waals surface area (Å²) < 4.78 is 6.39. The van der Waals surface area contributed by atoms with Gasteiger partial charge in [-0.2, -0.15) is 0 Å². The van der Waals surface area contributed by atoms with Crippen molar-refractivity contribution in [2.75, 3.05) is 7.11 Å². The van der Waals surface area contributed by atoms with Gasteiger partial charge in [-0.1, -0.05) is 0 Å². The Kier molecular flexibility index (Phi) is 19.0. The minimum atomic E-state index is -0.833. The molecule has 0 aliphatic rings. The summed E-state index contributed by atoms with van der Waals surface area (Å²) in [6.45, 7) is 3.25. The van der Waals surface area contributed by atoms with Crippen LogP contribution in [0.5, 0.6) is 5.75 Å². The molecule has 0 saturated heterocycles. The molecule has 0 saturated carbocycles. The molecule has 0 heterocycles. The van der Waals surface area contributed by atoms with E-state index in [1.807, 2.05) is 12.1 Å². The van der Waals surface area contributed by atoms with Gasteiger partial charge in [-0.05, 0) is 0 Å². The number of rotatable bonds is 1. The van der Waals surface area contributed by atoms with E-state index < -0.39 is 17.9 Å². The van der Waals surface area contributed by atoms with Crippen LogP contribution in [0, 0.1) is 0 Å². The average Bonchev–Trinajstić information content (AvgIpc) is 2.26. The zero-order chi connectivity index (χ0) is 17.4. The van der Waals surface area contributed by atoms with Gasteiger partial charge in [-0.25, -0.2) is 0 Å². The molecule has 0 aliphatic heterocycles. The van der Waals surface area contributed by atoms with Crippen LogP contribution in [0.3, 0.4) is 0 Å². The molecule has 21 heavy (non-hydrogen) atoms. The molecule has 3 radical (unpaired) electrons. The number of carbonyl (C=O) groups is 3. The number of hydrogen-bond acceptors (Lipinski definition) is 4. The van der Waals surface area contributed by atoms with Gasteiger partial charge in [0.2, 0.25) is 0 Å². The third-order valence-corrected chi connectivity index (χ3v) is 2.28. The van der Waals surface area contributed by atoms with E-state index in [4.69, 9.17) is 34.4 Å². The van der Waals surface area contributed by atoms with Crippen molar-refractivity contribution in [3.63, 3.8) is 0 Å². The Hall–Kier alpha value is -1.65. The molecule has 0 spiro atoms. The van der Waals surface area contributed by atoms with Crippen LogP contribution in [-0.2, 0) is 14.4 Å². The predicted molar refractivity (Wildman–Crippen MR) is 78.3 cm³/mol. The Balaban J connectivity index is -0.000000230. The van der Waals surface area contributed by atoms with Gasteiger partial charge in [0.15, 0.2) is 0 Å². The van der Waals surface area contributed by atoms with Gasteiger partial charge in [0, 0.05) is 20.8 Å². The van der Waals surface area contributed by atoms with Crippen molar-refractivity contribution < 1.29 is 34.4 Å². The number of hydrogen-bond donors (Lipinski definition) is 3. The van der Waals surface area contributed by atoms with E-state index in [1.165, 1.54) is 3.12 Å². The third kappa shape index (κ3) is 45.8. The Morgan fingerprint density at radius 2 is 1.29 bits per heavy atom. The van der Waals surface area contributed by atoms with Crippen LogP contribution in [0.1, 0.15) is 20.8 Å².